The van der Waals surface area contributed by atoms with Gasteiger partial charge in [0.15, 0.2) is 11.7 Å². The van der Waals surface area contributed by atoms with E-state index in [2.05, 4.69) is 29.0 Å². The summed E-state index contributed by atoms with van der Waals surface area (Å²) in [6.45, 7) is 7.52. The van der Waals surface area contributed by atoms with Gasteiger partial charge in [-0.25, -0.2) is 19.2 Å². The summed E-state index contributed by atoms with van der Waals surface area (Å²) in [6.07, 6.45) is 0.514. The monoisotopic (exact) mass is 397 g/mol. The fourth-order valence-corrected chi connectivity index (χ4v) is 2.91. The van der Waals surface area contributed by atoms with E-state index in [0.29, 0.717) is 18.5 Å². The molecule has 0 amide bonds. The molecular weight excluding hydrogens is 379 g/mol. The number of hydrogen-bond donors (Lipinski definition) is 4. The summed E-state index contributed by atoms with van der Waals surface area (Å²) in [5, 5.41) is 0. The van der Waals surface area contributed by atoms with E-state index in [9.17, 15) is 8.78 Å². The third-order valence-electron chi connectivity index (χ3n) is 2.50. The summed E-state index contributed by atoms with van der Waals surface area (Å²) >= 11 is -0.565. The van der Waals surface area contributed by atoms with Gasteiger partial charge >= 0.3 is 0 Å². The number of aliphatic imine (C=N–C) groups is 1. The third kappa shape index (κ3) is 5.37. The molecule has 1 aliphatic heterocycles. The van der Waals surface area contributed by atoms with Crippen molar-refractivity contribution in [1.29, 1.82) is 0 Å². The third-order valence-corrected chi connectivity index (χ3v) is 4.66. The first-order valence-corrected chi connectivity index (χ1v) is 8.18. The zero-order chi connectivity index (χ0) is 15.1. The van der Waals surface area contributed by atoms with Gasteiger partial charge in [0, 0.05) is 6.20 Å². The summed E-state index contributed by atoms with van der Waals surface area (Å²) in [5.41, 5.74) is 16.6. The number of nitrogens with one attached hydrogen (secondary N) is 2. The molecule has 8 heteroatoms. The Bertz CT molecular complexity index is 472. The first kappa shape index (κ1) is 16.8. The van der Waals surface area contributed by atoms with Crippen LogP contribution in [0.1, 0.15) is 12.8 Å². The smallest absolute Gasteiger partial charge is 0.180 e. The van der Waals surface area contributed by atoms with E-state index in [0.717, 1.165) is 9.90 Å². The summed E-state index contributed by atoms with van der Waals surface area (Å²) in [7, 11) is 0. The van der Waals surface area contributed by atoms with Crippen molar-refractivity contribution in [2.24, 2.45) is 16.5 Å². The standard InChI is InChI=1S/C12H18F2IN5/c1-7(18-12(17)10(14)6-16)11-4-3-9(13)5-15-8(2)19-20-11/h5-6,9,11,19-20H,1-4,16H2,(H2,17,18)/b10-6+. The topological polar surface area (TPSA) is 88.5 Å². The maximum absolute atomic E-state index is 13.6. The highest BCUT2D eigenvalue weighted by Crippen LogP contribution is 2.17. The Morgan fingerprint density at radius 1 is 1.55 bits per heavy atom. The van der Waals surface area contributed by atoms with Crippen molar-refractivity contribution < 1.29 is 8.78 Å². The van der Waals surface area contributed by atoms with Gasteiger partial charge in [0.25, 0.3) is 0 Å². The van der Waals surface area contributed by atoms with Crippen LogP contribution in [0.3, 0.4) is 0 Å². The normalized spacial score (nSPS) is 27.8. The van der Waals surface area contributed by atoms with Crippen molar-refractivity contribution in [2.45, 2.75) is 25.1 Å². The van der Waals surface area contributed by atoms with Gasteiger partial charge in [-0.2, -0.15) is 0 Å². The maximum Gasteiger partial charge on any atom is 0.180 e. The Kier molecular flexibility index (Phi) is 6.79. The van der Waals surface area contributed by atoms with Crippen LogP contribution in [0.25, 0.3) is 0 Å². The SMILES string of the molecule is C=C1NNC(C(=C)/N=C(N)\C(F)=C/N)CCC(F)/C=I\1. The van der Waals surface area contributed by atoms with E-state index in [1.165, 1.54) is 0 Å². The van der Waals surface area contributed by atoms with Crippen LogP contribution < -0.4 is 22.3 Å². The fourth-order valence-electron chi connectivity index (χ4n) is 1.42. The van der Waals surface area contributed by atoms with Crippen LogP contribution in [-0.2, 0) is 0 Å². The number of alkyl halides is 1. The number of halogens is 3. The number of rotatable bonds is 3. The van der Waals surface area contributed by atoms with Gasteiger partial charge in [-0.1, -0.05) is 33.9 Å². The lowest BCUT2D eigenvalue weighted by Gasteiger charge is -2.19. The van der Waals surface area contributed by atoms with Crippen molar-refractivity contribution in [2.75, 3.05) is 0 Å². The Balaban J connectivity index is 2.78. The van der Waals surface area contributed by atoms with E-state index >= 15 is 0 Å². The Labute approximate surface area is 126 Å². The van der Waals surface area contributed by atoms with Crippen LogP contribution in [0.2, 0.25) is 0 Å². The lowest BCUT2D eigenvalue weighted by Crippen LogP contribution is -2.40. The van der Waals surface area contributed by atoms with Crippen molar-refractivity contribution in [3.63, 3.8) is 0 Å². The minimum atomic E-state index is -0.987. The average molecular weight is 397 g/mol. The molecule has 0 saturated heterocycles. The minimum Gasteiger partial charge on any atom is -0.402 e. The van der Waals surface area contributed by atoms with Crippen molar-refractivity contribution in [3.05, 3.63) is 34.6 Å². The van der Waals surface area contributed by atoms with Crippen LogP contribution in [-0.4, -0.2) is 22.1 Å². The second-order valence-corrected chi connectivity index (χ2v) is 6.70. The average Bonchev–Trinajstić information content (AvgIpc) is 2.50. The molecule has 0 fully saturated rings. The molecule has 0 radical (unpaired) electrons. The van der Waals surface area contributed by atoms with Gasteiger partial charge in [0.2, 0.25) is 0 Å². The molecule has 0 aromatic rings. The molecule has 0 bridgehead atoms. The second kappa shape index (κ2) is 8.10. The summed E-state index contributed by atoms with van der Waals surface area (Å²) in [4.78, 5) is 3.85. The number of nitrogens with zero attached hydrogens (tertiary/aromatic N) is 1. The van der Waals surface area contributed by atoms with Crippen molar-refractivity contribution in [3.8, 4) is 0 Å². The van der Waals surface area contributed by atoms with Crippen LogP contribution in [0, 0.1) is 0 Å². The molecular formula is C12H18F2IN5. The minimum absolute atomic E-state index is 0.298. The zero-order valence-corrected chi connectivity index (χ0v) is 13.0. The Hall–Kier alpha value is -1.29. The molecule has 0 spiro atoms. The van der Waals surface area contributed by atoms with Gasteiger partial charge in [0.1, 0.15) is 6.17 Å². The van der Waals surface area contributed by atoms with Crippen LogP contribution in [0.15, 0.2) is 39.6 Å². The van der Waals surface area contributed by atoms with Gasteiger partial charge in [0.05, 0.1) is 15.4 Å². The van der Waals surface area contributed by atoms with Gasteiger partial charge in [-0.15, -0.1) is 0 Å². The molecule has 5 nitrogen and oxygen atoms in total. The van der Waals surface area contributed by atoms with Crippen LogP contribution in [0.5, 0.6) is 0 Å². The molecule has 20 heavy (non-hydrogen) atoms. The Morgan fingerprint density at radius 3 is 2.90 bits per heavy atom. The Morgan fingerprint density at radius 2 is 2.25 bits per heavy atom. The number of amidine groups is 1. The van der Waals surface area contributed by atoms with Crippen molar-refractivity contribution >= 4 is 30.6 Å². The van der Waals surface area contributed by atoms with E-state index in [-0.39, 0.29) is 11.9 Å². The van der Waals surface area contributed by atoms with Crippen molar-refractivity contribution in [1.82, 2.24) is 10.9 Å². The lowest BCUT2D eigenvalue weighted by molar-refractivity contribution is 0.375. The van der Waals surface area contributed by atoms with Crippen LogP contribution in [0.4, 0.5) is 8.78 Å². The highest BCUT2D eigenvalue weighted by molar-refractivity contribution is 14.2. The van der Waals surface area contributed by atoms with E-state index in [4.69, 9.17) is 11.5 Å². The second-order valence-electron chi connectivity index (χ2n) is 4.06. The predicted molar refractivity (Wildman–Crippen MR) is 87.6 cm³/mol. The highest BCUT2D eigenvalue weighted by Gasteiger charge is 2.17. The number of hydrazine groups is 1. The first-order valence-electron chi connectivity index (χ1n) is 5.86. The number of nitrogens with two attached hydrogens (primary N) is 2. The molecule has 2 atom stereocenters. The number of hydrogen-bond acceptors (Lipinski definition) is 4. The molecule has 6 N–H and O–H groups in total. The molecule has 2 unspecified atom stereocenters. The predicted octanol–water partition coefficient (Wildman–Crippen LogP) is 1.47. The molecule has 112 valence electrons. The zero-order valence-electron chi connectivity index (χ0n) is 10.9. The molecule has 1 aliphatic rings. The van der Waals surface area contributed by atoms with E-state index < -0.39 is 32.7 Å². The highest BCUT2D eigenvalue weighted by atomic mass is 127. The molecule has 0 saturated carbocycles. The molecule has 1 heterocycles. The largest absolute Gasteiger partial charge is 0.402 e. The quantitative estimate of drug-likeness (QED) is 0.251. The molecule has 0 aromatic carbocycles. The molecule has 0 aliphatic carbocycles. The first-order chi connectivity index (χ1) is 9.43. The summed E-state index contributed by atoms with van der Waals surface area (Å²) in [6, 6.07) is -0.371. The summed E-state index contributed by atoms with van der Waals surface area (Å²) in [5.74, 6) is -1.18. The van der Waals surface area contributed by atoms with Gasteiger partial charge in [-0.05, 0) is 16.9 Å². The van der Waals surface area contributed by atoms with E-state index in [1.807, 2.05) is 0 Å². The fraction of sp³-hybridized carbons (Fsp3) is 0.333. The lowest BCUT2D eigenvalue weighted by atomic mass is 10.1. The maximum atomic E-state index is 13.6. The van der Waals surface area contributed by atoms with Gasteiger partial charge in [-0.3, -0.25) is 0 Å². The molecule has 1 rings (SSSR count). The van der Waals surface area contributed by atoms with E-state index in [1.54, 1.807) is 4.01 Å². The van der Waals surface area contributed by atoms with Gasteiger partial charge < -0.3 is 16.9 Å². The molecule has 0 aromatic heterocycles. The van der Waals surface area contributed by atoms with Crippen LogP contribution >= 0.6 is 20.7 Å². The summed E-state index contributed by atoms with van der Waals surface area (Å²) < 4.78 is 29.1.